The lowest BCUT2D eigenvalue weighted by Crippen LogP contribution is -2.18. The lowest BCUT2D eigenvalue weighted by atomic mass is 10.2. The number of ether oxygens (including phenoxy) is 1. The van der Waals surface area contributed by atoms with E-state index in [-0.39, 0.29) is 16.3 Å². The van der Waals surface area contributed by atoms with Crippen molar-refractivity contribution < 1.29 is 14.3 Å². The van der Waals surface area contributed by atoms with Crippen LogP contribution in [-0.2, 0) is 0 Å². The Morgan fingerprint density at radius 1 is 0.969 bits per heavy atom. The van der Waals surface area contributed by atoms with Crippen molar-refractivity contribution in [2.45, 2.75) is 0 Å². The van der Waals surface area contributed by atoms with E-state index in [0.717, 1.165) is 10.1 Å². The van der Waals surface area contributed by atoms with Gasteiger partial charge < -0.3 is 4.74 Å². The highest BCUT2D eigenvalue weighted by atomic mass is 35.5. The topological polar surface area (TPSA) is 67.8 Å². The van der Waals surface area contributed by atoms with Crippen molar-refractivity contribution in [3.8, 4) is 5.75 Å². The van der Waals surface area contributed by atoms with Crippen molar-refractivity contribution in [2.75, 3.05) is 0 Å². The van der Waals surface area contributed by atoms with Crippen molar-refractivity contribution >= 4 is 74.3 Å². The molecule has 0 atom stereocenters. The lowest BCUT2D eigenvalue weighted by Gasteiger charge is -2.07. The van der Waals surface area contributed by atoms with Crippen LogP contribution in [0.4, 0.5) is 0 Å². The number of thiophene rings is 1. The summed E-state index contributed by atoms with van der Waals surface area (Å²) in [5.41, 5.74) is 3.11. The highest BCUT2D eigenvalue weighted by Gasteiger charge is 2.19. The van der Waals surface area contributed by atoms with Crippen LogP contribution < -0.4 is 10.2 Å². The van der Waals surface area contributed by atoms with Gasteiger partial charge in [-0.1, -0.05) is 65.1 Å². The molecule has 160 valence electrons. The number of hydrogen-bond acceptors (Lipinski definition) is 5. The molecule has 0 fully saturated rings. The molecule has 32 heavy (non-hydrogen) atoms. The molecule has 1 heterocycles. The molecule has 1 N–H and O–H groups in total. The number of para-hydroxylation sites is 1. The summed E-state index contributed by atoms with van der Waals surface area (Å²) in [6.45, 7) is 0. The third-order valence-corrected chi connectivity index (χ3v) is 6.59. The molecule has 0 aliphatic rings. The lowest BCUT2D eigenvalue weighted by molar-refractivity contribution is 0.0739. The summed E-state index contributed by atoms with van der Waals surface area (Å²) in [6, 6.07) is 18.8. The number of fused-ring (bicyclic) bond motifs is 1. The van der Waals surface area contributed by atoms with Crippen molar-refractivity contribution in [1.29, 1.82) is 0 Å². The van der Waals surface area contributed by atoms with Crippen LogP contribution in [0.1, 0.15) is 25.6 Å². The van der Waals surface area contributed by atoms with E-state index in [9.17, 15) is 9.59 Å². The maximum absolute atomic E-state index is 12.8. The highest BCUT2D eigenvalue weighted by Crippen LogP contribution is 2.36. The van der Waals surface area contributed by atoms with Gasteiger partial charge in [0.25, 0.3) is 5.91 Å². The third-order valence-electron chi connectivity index (χ3n) is 4.39. The number of hydrazone groups is 1. The summed E-state index contributed by atoms with van der Waals surface area (Å²) < 4.78 is 6.46. The van der Waals surface area contributed by atoms with Gasteiger partial charge in [-0.15, -0.1) is 11.3 Å². The van der Waals surface area contributed by atoms with Gasteiger partial charge in [0.2, 0.25) is 0 Å². The van der Waals surface area contributed by atoms with Gasteiger partial charge in [0.15, 0.2) is 0 Å². The van der Waals surface area contributed by atoms with E-state index in [4.69, 9.17) is 39.5 Å². The Kier molecular flexibility index (Phi) is 6.77. The zero-order valence-corrected chi connectivity index (χ0v) is 19.2. The van der Waals surface area contributed by atoms with Crippen LogP contribution in [0.5, 0.6) is 5.75 Å². The Balaban J connectivity index is 1.50. The van der Waals surface area contributed by atoms with Crippen LogP contribution in [0.3, 0.4) is 0 Å². The van der Waals surface area contributed by atoms with Crippen LogP contribution in [0.2, 0.25) is 15.1 Å². The molecule has 1 amide bonds. The van der Waals surface area contributed by atoms with Gasteiger partial charge >= 0.3 is 5.97 Å². The predicted octanol–water partition coefficient (Wildman–Crippen LogP) is 6.84. The fourth-order valence-electron chi connectivity index (χ4n) is 2.87. The first-order chi connectivity index (χ1) is 15.4. The number of esters is 1. The smallest absolute Gasteiger partial charge is 0.355 e. The zero-order chi connectivity index (χ0) is 22.7. The summed E-state index contributed by atoms with van der Waals surface area (Å²) in [4.78, 5) is 25.3. The Morgan fingerprint density at radius 3 is 2.50 bits per heavy atom. The number of rotatable bonds is 5. The molecular formula is C23H13Cl3N2O3S. The van der Waals surface area contributed by atoms with Crippen molar-refractivity contribution in [3.63, 3.8) is 0 Å². The summed E-state index contributed by atoms with van der Waals surface area (Å²) >= 11 is 19.5. The third kappa shape index (κ3) is 4.79. The van der Waals surface area contributed by atoms with Crippen LogP contribution in [0.15, 0.2) is 71.8 Å². The number of benzene rings is 3. The van der Waals surface area contributed by atoms with Gasteiger partial charge in [0, 0.05) is 20.7 Å². The first kappa shape index (κ1) is 22.3. The fourth-order valence-corrected chi connectivity index (χ4v) is 4.75. The molecule has 5 nitrogen and oxygen atoms in total. The molecule has 0 aliphatic heterocycles. The molecule has 0 spiro atoms. The molecule has 0 aliphatic carbocycles. The Morgan fingerprint density at radius 2 is 1.72 bits per heavy atom. The van der Waals surface area contributed by atoms with Crippen molar-refractivity contribution in [2.24, 2.45) is 5.10 Å². The maximum Gasteiger partial charge on any atom is 0.355 e. The van der Waals surface area contributed by atoms with E-state index in [1.54, 1.807) is 30.3 Å². The van der Waals surface area contributed by atoms with Gasteiger partial charge in [0.05, 0.1) is 21.8 Å². The maximum atomic E-state index is 12.8. The number of halogens is 3. The molecule has 0 bridgehead atoms. The minimum absolute atomic E-state index is 0.208. The first-order valence-electron chi connectivity index (χ1n) is 9.20. The standard InChI is InChI=1S/C23H13Cl3N2O3S/c24-14-9-10-15(17(25)11-14)22(29)28-27-12-13-5-1-3-7-18(13)31-23(30)21-20(26)16-6-2-4-8-19(16)32-21/h1-12H,(H,28,29)/b27-12+. The summed E-state index contributed by atoms with van der Waals surface area (Å²) in [5.74, 6) is -0.808. The normalized spacial score (nSPS) is 11.1. The minimum Gasteiger partial charge on any atom is -0.422 e. The average Bonchev–Trinajstić information content (AvgIpc) is 3.11. The van der Waals surface area contributed by atoms with E-state index in [1.807, 2.05) is 24.3 Å². The molecule has 0 radical (unpaired) electrons. The fraction of sp³-hybridized carbons (Fsp3) is 0. The number of nitrogens with zero attached hydrogens (tertiary/aromatic N) is 1. The second-order valence-electron chi connectivity index (χ2n) is 6.49. The molecule has 0 saturated heterocycles. The van der Waals surface area contributed by atoms with Crippen LogP contribution in [0.25, 0.3) is 10.1 Å². The molecule has 0 unspecified atom stereocenters. The molecule has 3 aromatic carbocycles. The average molecular weight is 504 g/mol. The number of carbonyl (C=O) groups is 2. The second kappa shape index (κ2) is 9.71. The second-order valence-corrected chi connectivity index (χ2v) is 8.77. The Bertz CT molecular complexity index is 1370. The number of hydrogen-bond donors (Lipinski definition) is 1. The summed E-state index contributed by atoms with van der Waals surface area (Å²) in [5, 5.41) is 5.72. The van der Waals surface area contributed by atoms with E-state index >= 15 is 0 Å². The Labute approximate surface area is 202 Å². The summed E-state index contributed by atoms with van der Waals surface area (Å²) in [7, 11) is 0. The van der Waals surface area contributed by atoms with E-state index in [2.05, 4.69) is 10.5 Å². The SMILES string of the molecule is O=C(N/N=C/c1ccccc1OC(=O)c1sc2ccccc2c1Cl)c1ccc(Cl)cc1Cl. The number of carbonyl (C=O) groups excluding carboxylic acids is 2. The van der Waals surface area contributed by atoms with Gasteiger partial charge in [-0.3, -0.25) is 4.79 Å². The van der Waals surface area contributed by atoms with Gasteiger partial charge in [0.1, 0.15) is 10.6 Å². The molecule has 1 aromatic heterocycles. The van der Waals surface area contributed by atoms with E-state index in [1.165, 1.54) is 29.7 Å². The number of nitrogens with one attached hydrogen (secondary N) is 1. The highest BCUT2D eigenvalue weighted by molar-refractivity contribution is 7.21. The van der Waals surface area contributed by atoms with E-state index in [0.29, 0.717) is 20.5 Å². The molecule has 4 rings (SSSR count). The number of amides is 1. The minimum atomic E-state index is -0.575. The molecule has 9 heteroatoms. The monoisotopic (exact) mass is 502 g/mol. The predicted molar refractivity (Wildman–Crippen MR) is 130 cm³/mol. The molecular weight excluding hydrogens is 491 g/mol. The van der Waals surface area contributed by atoms with Gasteiger partial charge in [-0.25, -0.2) is 10.2 Å². The Hall–Kier alpha value is -2.90. The van der Waals surface area contributed by atoms with Crippen molar-refractivity contribution in [3.05, 3.63) is 97.8 Å². The van der Waals surface area contributed by atoms with Crippen LogP contribution >= 0.6 is 46.1 Å². The van der Waals surface area contributed by atoms with Crippen LogP contribution in [0, 0.1) is 0 Å². The summed E-state index contributed by atoms with van der Waals surface area (Å²) in [6.07, 6.45) is 1.37. The van der Waals surface area contributed by atoms with Crippen molar-refractivity contribution in [1.82, 2.24) is 5.43 Å². The first-order valence-corrected chi connectivity index (χ1v) is 11.2. The van der Waals surface area contributed by atoms with Gasteiger partial charge in [-0.2, -0.15) is 5.10 Å². The van der Waals surface area contributed by atoms with E-state index < -0.39 is 11.9 Å². The largest absolute Gasteiger partial charge is 0.422 e. The quantitative estimate of drug-likeness (QED) is 0.140. The molecule has 4 aromatic rings. The van der Waals surface area contributed by atoms with Gasteiger partial charge in [-0.05, 0) is 36.4 Å². The molecule has 0 saturated carbocycles. The van der Waals surface area contributed by atoms with Crippen LogP contribution in [-0.4, -0.2) is 18.1 Å². The zero-order valence-electron chi connectivity index (χ0n) is 16.1.